The Kier molecular flexibility index (Phi) is 7.37. The van der Waals surface area contributed by atoms with Crippen LogP contribution < -0.4 is 15.4 Å². The van der Waals surface area contributed by atoms with E-state index in [0.29, 0.717) is 29.0 Å². The number of carbonyl (C=O) groups is 2. The van der Waals surface area contributed by atoms with Crippen LogP contribution in [0.5, 0.6) is 5.75 Å². The summed E-state index contributed by atoms with van der Waals surface area (Å²) in [5, 5.41) is 15.1. The second-order valence-electron chi connectivity index (χ2n) is 7.82. The molecule has 35 heavy (non-hydrogen) atoms. The zero-order valence-electron chi connectivity index (χ0n) is 19.2. The lowest BCUT2D eigenvalue weighted by Crippen LogP contribution is -2.12. The first-order valence-corrected chi connectivity index (χ1v) is 11.1. The Morgan fingerprint density at radius 2 is 1.69 bits per heavy atom. The second kappa shape index (κ2) is 11.0. The molecule has 0 saturated heterocycles. The van der Waals surface area contributed by atoms with Crippen LogP contribution in [-0.4, -0.2) is 35.6 Å². The number of amides is 1. The molecule has 0 fully saturated rings. The molecule has 1 amide bonds. The summed E-state index contributed by atoms with van der Waals surface area (Å²) in [6, 6.07) is 25.9. The van der Waals surface area contributed by atoms with Gasteiger partial charge in [0.1, 0.15) is 17.1 Å². The number of aromatic nitrogens is 1. The first-order valence-electron chi connectivity index (χ1n) is 11.1. The van der Waals surface area contributed by atoms with E-state index in [1.165, 1.54) is 11.6 Å². The summed E-state index contributed by atoms with van der Waals surface area (Å²) in [7, 11) is 1.61. The first-order chi connectivity index (χ1) is 17.0. The molecule has 0 radical (unpaired) electrons. The number of hydrogen-bond acceptors (Lipinski definition) is 5. The maximum absolute atomic E-state index is 12.8. The van der Waals surface area contributed by atoms with Gasteiger partial charge in [-0.05, 0) is 53.6 Å². The molecule has 1 heterocycles. The lowest BCUT2D eigenvalue weighted by Gasteiger charge is -2.10. The van der Waals surface area contributed by atoms with Crippen LogP contribution in [0.1, 0.15) is 26.3 Å². The van der Waals surface area contributed by atoms with Gasteiger partial charge in [-0.25, -0.2) is 9.78 Å². The minimum absolute atomic E-state index is 0.0610. The first kappa shape index (κ1) is 23.5. The van der Waals surface area contributed by atoms with E-state index >= 15 is 0 Å². The van der Waals surface area contributed by atoms with E-state index in [2.05, 4.69) is 27.8 Å². The molecule has 0 saturated carbocycles. The van der Waals surface area contributed by atoms with Gasteiger partial charge in [0.25, 0.3) is 5.91 Å². The largest absolute Gasteiger partial charge is 0.493 e. The summed E-state index contributed by atoms with van der Waals surface area (Å²) in [6.45, 7) is 0.566. The molecule has 0 aliphatic rings. The molecule has 0 bridgehead atoms. The lowest BCUT2D eigenvalue weighted by molar-refractivity contribution is 0.0697. The molecule has 7 heteroatoms. The molecule has 176 valence electrons. The minimum atomic E-state index is -1.08. The molecule has 4 rings (SSSR count). The maximum atomic E-state index is 12.8. The van der Waals surface area contributed by atoms with Crippen molar-refractivity contribution in [2.45, 2.75) is 6.42 Å². The monoisotopic (exact) mass is 467 g/mol. The number of ether oxygens (including phenoxy) is 1. The van der Waals surface area contributed by atoms with Crippen LogP contribution in [-0.2, 0) is 6.42 Å². The Balaban J connectivity index is 1.40. The standard InChI is InChI=1S/C28H25N3O4/c1-29-26-25(28(33)34)17-22(18-30-26)20-8-5-9-21(16-20)27(32)31-23-10-12-24(13-11-23)35-15-14-19-6-3-2-4-7-19/h2-13,16-18H,14-15H2,1H3,(H,29,30)(H,31,32)(H,33,34). The summed E-state index contributed by atoms with van der Waals surface area (Å²) in [6.07, 6.45) is 2.39. The third-order valence-corrected chi connectivity index (χ3v) is 5.43. The smallest absolute Gasteiger partial charge is 0.339 e. The number of aromatic carboxylic acids is 1. The zero-order chi connectivity index (χ0) is 24.6. The second-order valence-corrected chi connectivity index (χ2v) is 7.82. The number of nitrogens with zero attached hydrogens (tertiary/aromatic N) is 1. The quantitative estimate of drug-likeness (QED) is 0.306. The van der Waals surface area contributed by atoms with E-state index in [-0.39, 0.29) is 17.3 Å². The van der Waals surface area contributed by atoms with Crippen LogP contribution >= 0.6 is 0 Å². The highest BCUT2D eigenvalue weighted by atomic mass is 16.5. The lowest BCUT2D eigenvalue weighted by atomic mass is 10.0. The fraction of sp³-hybridized carbons (Fsp3) is 0.107. The van der Waals surface area contributed by atoms with Crippen molar-refractivity contribution in [2.24, 2.45) is 0 Å². The Morgan fingerprint density at radius 1 is 0.914 bits per heavy atom. The van der Waals surface area contributed by atoms with Gasteiger partial charge in [0.05, 0.1) is 6.61 Å². The predicted octanol–water partition coefficient (Wildman–Crippen LogP) is 5.36. The number of carboxylic acid groups (broad SMARTS) is 1. The molecule has 4 aromatic rings. The van der Waals surface area contributed by atoms with Gasteiger partial charge in [-0.1, -0.05) is 42.5 Å². The van der Waals surface area contributed by atoms with Crippen molar-refractivity contribution in [3.05, 3.63) is 108 Å². The van der Waals surface area contributed by atoms with Gasteiger partial charge in [0, 0.05) is 36.5 Å². The van der Waals surface area contributed by atoms with E-state index in [1.54, 1.807) is 49.6 Å². The Hall–Kier alpha value is -4.65. The van der Waals surface area contributed by atoms with Crippen LogP contribution in [0.2, 0.25) is 0 Å². The SMILES string of the molecule is CNc1ncc(-c2cccc(C(=O)Nc3ccc(OCCc4ccccc4)cc3)c2)cc1C(=O)O. The van der Waals surface area contributed by atoms with Crippen molar-refractivity contribution in [1.29, 1.82) is 0 Å². The molecule has 3 N–H and O–H groups in total. The molecule has 0 aliphatic heterocycles. The molecule has 7 nitrogen and oxygen atoms in total. The highest BCUT2D eigenvalue weighted by Crippen LogP contribution is 2.25. The summed E-state index contributed by atoms with van der Waals surface area (Å²) < 4.78 is 5.80. The maximum Gasteiger partial charge on any atom is 0.339 e. The van der Waals surface area contributed by atoms with Crippen LogP contribution in [0.4, 0.5) is 11.5 Å². The van der Waals surface area contributed by atoms with Gasteiger partial charge >= 0.3 is 5.97 Å². The molecule has 0 atom stereocenters. The average Bonchev–Trinajstić information content (AvgIpc) is 2.90. The van der Waals surface area contributed by atoms with Crippen LogP contribution in [0.3, 0.4) is 0 Å². The molecule has 0 aliphatic carbocycles. The number of pyridine rings is 1. The number of benzene rings is 3. The topological polar surface area (TPSA) is 101 Å². The van der Waals surface area contributed by atoms with Gasteiger partial charge in [-0.15, -0.1) is 0 Å². The summed E-state index contributed by atoms with van der Waals surface area (Å²) in [5.74, 6) is -0.344. The molecule has 0 unspecified atom stereocenters. The number of rotatable bonds is 9. The van der Waals surface area contributed by atoms with E-state index in [9.17, 15) is 14.7 Å². The van der Waals surface area contributed by atoms with E-state index in [0.717, 1.165) is 12.2 Å². The molecule has 0 spiro atoms. The van der Waals surface area contributed by atoms with Gasteiger partial charge in [0.2, 0.25) is 0 Å². The predicted molar refractivity (Wildman–Crippen MR) is 136 cm³/mol. The van der Waals surface area contributed by atoms with Gasteiger partial charge in [-0.2, -0.15) is 0 Å². The van der Waals surface area contributed by atoms with Crippen molar-refractivity contribution in [3.63, 3.8) is 0 Å². The fourth-order valence-corrected chi connectivity index (χ4v) is 3.59. The molecular weight excluding hydrogens is 442 g/mol. The third-order valence-electron chi connectivity index (χ3n) is 5.43. The summed E-state index contributed by atoms with van der Waals surface area (Å²) in [5.41, 5.74) is 3.66. The Labute approximate surface area is 203 Å². The molecule has 1 aromatic heterocycles. The third kappa shape index (κ3) is 6.03. The minimum Gasteiger partial charge on any atom is -0.493 e. The number of hydrogen-bond donors (Lipinski definition) is 3. The number of nitrogens with one attached hydrogen (secondary N) is 2. The van der Waals surface area contributed by atoms with Gasteiger partial charge < -0.3 is 20.5 Å². The number of carboxylic acids is 1. The fourth-order valence-electron chi connectivity index (χ4n) is 3.59. The van der Waals surface area contributed by atoms with Crippen molar-refractivity contribution in [3.8, 4) is 16.9 Å². The number of carbonyl (C=O) groups excluding carboxylic acids is 1. The van der Waals surface area contributed by atoms with E-state index < -0.39 is 5.97 Å². The van der Waals surface area contributed by atoms with Crippen molar-refractivity contribution in [2.75, 3.05) is 24.3 Å². The molecule has 3 aromatic carbocycles. The van der Waals surface area contributed by atoms with E-state index in [1.807, 2.05) is 30.3 Å². The van der Waals surface area contributed by atoms with Crippen molar-refractivity contribution in [1.82, 2.24) is 4.98 Å². The van der Waals surface area contributed by atoms with Crippen molar-refractivity contribution < 1.29 is 19.4 Å². The Bertz CT molecular complexity index is 1320. The normalized spacial score (nSPS) is 10.4. The van der Waals surface area contributed by atoms with Gasteiger partial charge in [0.15, 0.2) is 0 Å². The van der Waals surface area contributed by atoms with E-state index in [4.69, 9.17) is 4.74 Å². The highest BCUT2D eigenvalue weighted by Gasteiger charge is 2.14. The van der Waals surface area contributed by atoms with Crippen LogP contribution in [0, 0.1) is 0 Å². The van der Waals surface area contributed by atoms with Crippen LogP contribution in [0.15, 0.2) is 91.1 Å². The highest BCUT2D eigenvalue weighted by molar-refractivity contribution is 6.05. The summed E-state index contributed by atoms with van der Waals surface area (Å²) >= 11 is 0. The molecular formula is C28H25N3O4. The van der Waals surface area contributed by atoms with Crippen molar-refractivity contribution >= 4 is 23.4 Å². The van der Waals surface area contributed by atoms with Gasteiger partial charge in [-0.3, -0.25) is 4.79 Å². The summed E-state index contributed by atoms with van der Waals surface area (Å²) in [4.78, 5) is 28.5. The zero-order valence-corrected chi connectivity index (χ0v) is 19.2. The Morgan fingerprint density at radius 3 is 2.40 bits per heavy atom. The average molecular weight is 468 g/mol. The van der Waals surface area contributed by atoms with Crippen LogP contribution in [0.25, 0.3) is 11.1 Å². The number of anilines is 2.